The van der Waals surface area contributed by atoms with Gasteiger partial charge in [-0.25, -0.2) is 0 Å². The van der Waals surface area contributed by atoms with Crippen LogP contribution in [0.1, 0.15) is 44.2 Å². The average molecular weight is 260 g/mol. The average Bonchev–Trinajstić information content (AvgIpc) is 2.79. The Hall–Kier alpha value is -0.860. The minimum Gasteiger partial charge on any atom is -0.319 e. The molecule has 2 nitrogen and oxygen atoms in total. The summed E-state index contributed by atoms with van der Waals surface area (Å²) in [6.45, 7) is 6.86. The number of nitrogens with zero attached hydrogens (tertiary/aromatic N) is 1. The summed E-state index contributed by atoms with van der Waals surface area (Å²) in [6.07, 6.45) is 5.13. The summed E-state index contributed by atoms with van der Waals surface area (Å²) >= 11 is 0. The van der Waals surface area contributed by atoms with Crippen LogP contribution in [-0.2, 0) is 13.0 Å². The highest BCUT2D eigenvalue weighted by molar-refractivity contribution is 5.23. The molecule has 2 unspecified atom stereocenters. The maximum Gasteiger partial charge on any atom is 0.0239 e. The highest BCUT2D eigenvalue weighted by atomic mass is 15.2. The minimum atomic E-state index is 0.744. The number of likely N-dealkylation sites (tertiary alicyclic amines) is 1. The lowest BCUT2D eigenvalue weighted by molar-refractivity contribution is 0.189. The zero-order valence-corrected chi connectivity index (χ0v) is 12.7. The van der Waals surface area contributed by atoms with Crippen LogP contribution < -0.4 is 5.32 Å². The SMILES string of the molecule is CCC1CCC(C)N1Cc1ccc(CCNC)cc1. The predicted molar refractivity (Wildman–Crippen MR) is 82.4 cm³/mol. The van der Waals surface area contributed by atoms with Gasteiger partial charge in [-0.1, -0.05) is 31.2 Å². The molecule has 0 bridgehead atoms. The fourth-order valence-corrected chi connectivity index (χ4v) is 3.14. The van der Waals surface area contributed by atoms with Crippen LogP contribution in [0.4, 0.5) is 0 Å². The summed E-state index contributed by atoms with van der Waals surface area (Å²) < 4.78 is 0. The van der Waals surface area contributed by atoms with Gasteiger partial charge in [0.1, 0.15) is 0 Å². The summed E-state index contributed by atoms with van der Waals surface area (Å²) in [5.74, 6) is 0. The van der Waals surface area contributed by atoms with Crippen LogP contribution in [0.3, 0.4) is 0 Å². The molecular weight excluding hydrogens is 232 g/mol. The van der Waals surface area contributed by atoms with Crippen molar-refractivity contribution in [1.29, 1.82) is 0 Å². The molecule has 0 spiro atoms. The van der Waals surface area contributed by atoms with Crippen molar-refractivity contribution in [3.8, 4) is 0 Å². The Morgan fingerprint density at radius 3 is 2.47 bits per heavy atom. The van der Waals surface area contributed by atoms with Crippen molar-refractivity contribution in [2.45, 2.75) is 58.2 Å². The van der Waals surface area contributed by atoms with Crippen LogP contribution in [0.25, 0.3) is 0 Å². The largest absolute Gasteiger partial charge is 0.319 e. The summed E-state index contributed by atoms with van der Waals surface area (Å²) in [4.78, 5) is 2.68. The molecule has 2 rings (SSSR count). The third-order valence-electron chi connectivity index (χ3n) is 4.48. The van der Waals surface area contributed by atoms with Gasteiger partial charge in [-0.3, -0.25) is 4.90 Å². The van der Waals surface area contributed by atoms with E-state index in [1.165, 1.54) is 30.4 Å². The van der Waals surface area contributed by atoms with Crippen LogP contribution in [-0.4, -0.2) is 30.6 Å². The molecule has 1 heterocycles. The van der Waals surface area contributed by atoms with Crippen molar-refractivity contribution in [1.82, 2.24) is 10.2 Å². The number of hydrogen-bond acceptors (Lipinski definition) is 2. The molecule has 0 aliphatic carbocycles. The van der Waals surface area contributed by atoms with E-state index in [1.807, 2.05) is 7.05 Å². The van der Waals surface area contributed by atoms with Gasteiger partial charge in [0.05, 0.1) is 0 Å². The minimum absolute atomic E-state index is 0.744. The molecule has 1 aromatic rings. The molecule has 106 valence electrons. The maximum atomic E-state index is 3.20. The quantitative estimate of drug-likeness (QED) is 0.845. The Morgan fingerprint density at radius 1 is 1.16 bits per heavy atom. The van der Waals surface area contributed by atoms with E-state index in [0.717, 1.165) is 31.6 Å². The van der Waals surface area contributed by atoms with Gasteiger partial charge in [0.2, 0.25) is 0 Å². The van der Waals surface area contributed by atoms with Gasteiger partial charge in [0, 0.05) is 18.6 Å². The first kappa shape index (κ1) is 14.5. The molecule has 2 heteroatoms. The van der Waals surface area contributed by atoms with Crippen molar-refractivity contribution in [3.05, 3.63) is 35.4 Å². The van der Waals surface area contributed by atoms with Crippen molar-refractivity contribution < 1.29 is 0 Å². The Bertz CT molecular complexity index is 371. The number of likely N-dealkylation sites (N-methyl/N-ethyl adjacent to an activating group) is 1. The molecule has 1 aromatic carbocycles. The second-order valence-electron chi connectivity index (χ2n) is 5.83. The summed E-state index contributed by atoms with van der Waals surface area (Å²) in [7, 11) is 2.01. The Morgan fingerprint density at radius 2 is 1.84 bits per heavy atom. The first-order valence-corrected chi connectivity index (χ1v) is 7.72. The van der Waals surface area contributed by atoms with E-state index in [2.05, 4.69) is 48.3 Å². The Kier molecular flexibility index (Phi) is 5.41. The van der Waals surface area contributed by atoms with Crippen LogP contribution in [0.5, 0.6) is 0 Å². The van der Waals surface area contributed by atoms with Gasteiger partial charge in [0.15, 0.2) is 0 Å². The maximum absolute atomic E-state index is 3.20. The zero-order chi connectivity index (χ0) is 13.7. The Balaban J connectivity index is 1.95. The lowest BCUT2D eigenvalue weighted by atomic mass is 10.1. The molecule has 1 aliphatic rings. The van der Waals surface area contributed by atoms with Crippen molar-refractivity contribution >= 4 is 0 Å². The van der Waals surface area contributed by atoms with Crippen LogP contribution in [0, 0.1) is 0 Å². The normalized spacial score (nSPS) is 23.9. The van der Waals surface area contributed by atoms with Crippen LogP contribution >= 0.6 is 0 Å². The molecule has 0 saturated carbocycles. The lowest BCUT2D eigenvalue weighted by Gasteiger charge is -2.27. The molecular formula is C17H28N2. The highest BCUT2D eigenvalue weighted by Gasteiger charge is 2.28. The van der Waals surface area contributed by atoms with Crippen LogP contribution in [0.15, 0.2) is 24.3 Å². The van der Waals surface area contributed by atoms with E-state index < -0.39 is 0 Å². The molecule has 0 radical (unpaired) electrons. The molecule has 1 N–H and O–H groups in total. The molecule has 19 heavy (non-hydrogen) atoms. The first-order valence-electron chi connectivity index (χ1n) is 7.72. The molecule has 0 aromatic heterocycles. The third-order valence-corrected chi connectivity index (χ3v) is 4.48. The van der Waals surface area contributed by atoms with Gasteiger partial charge < -0.3 is 5.32 Å². The van der Waals surface area contributed by atoms with Crippen LogP contribution in [0.2, 0.25) is 0 Å². The topological polar surface area (TPSA) is 15.3 Å². The molecule has 1 aliphatic heterocycles. The number of nitrogens with one attached hydrogen (secondary N) is 1. The highest BCUT2D eigenvalue weighted by Crippen LogP contribution is 2.27. The van der Waals surface area contributed by atoms with E-state index in [1.54, 1.807) is 0 Å². The number of benzene rings is 1. The second-order valence-corrected chi connectivity index (χ2v) is 5.83. The van der Waals surface area contributed by atoms with Gasteiger partial charge >= 0.3 is 0 Å². The molecule has 1 saturated heterocycles. The fourth-order valence-electron chi connectivity index (χ4n) is 3.14. The Labute approximate surface area is 118 Å². The van der Waals surface area contributed by atoms with E-state index in [9.17, 15) is 0 Å². The lowest BCUT2D eigenvalue weighted by Crippen LogP contribution is -2.33. The molecule has 1 fully saturated rings. The fraction of sp³-hybridized carbons (Fsp3) is 0.647. The molecule has 0 amide bonds. The second kappa shape index (κ2) is 7.06. The zero-order valence-electron chi connectivity index (χ0n) is 12.7. The molecule has 2 atom stereocenters. The predicted octanol–water partition coefficient (Wildman–Crippen LogP) is 3.21. The number of hydrogen-bond donors (Lipinski definition) is 1. The van der Waals surface area contributed by atoms with Gasteiger partial charge in [0.25, 0.3) is 0 Å². The summed E-state index contributed by atoms with van der Waals surface area (Å²) in [6, 6.07) is 10.7. The number of rotatable bonds is 6. The van der Waals surface area contributed by atoms with E-state index >= 15 is 0 Å². The summed E-state index contributed by atoms with van der Waals surface area (Å²) in [5, 5.41) is 3.20. The van der Waals surface area contributed by atoms with E-state index in [4.69, 9.17) is 0 Å². The first-order chi connectivity index (χ1) is 9.24. The standard InChI is InChI=1S/C17H28N2/c1-4-17-10-5-14(2)19(17)13-16-8-6-15(7-9-16)11-12-18-3/h6-9,14,17-18H,4-5,10-13H2,1-3H3. The monoisotopic (exact) mass is 260 g/mol. The van der Waals surface area contributed by atoms with E-state index in [0.29, 0.717) is 0 Å². The smallest absolute Gasteiger partial charge is 0.0239 e. The summed E-state index contributed by atoms with van der Waals surface area (Å²) in [5.41, 5.74) is 2.89. The van der Waals surface area contributed by atoms with E-state index in [-0.39, 0.29) is 0 Å². The van der Waals surface area contributed by atoms with Gasteiger partial charge in [-0.15, -0.1) is 0 Å². The van der Waals surface area contributed by atoms with Gasteiger partial charge in [-0.2, -0.15) is 0 Å². The third kappa shape index (κ3) is 3.80. The van der Waals surface area contributed by atoms with Crippen molar-refractivity contribution in [2.24, 2.45) is 0 Å². The van der Waals surface area contributed by atoms with Crippen molar-refractivity contribution in [2.75, 3.05) is 13.6 Å². The van der Waals surface area contributed by atoms with Gasteiger partial charge in [-0.05, 0) is 57.3 Å². The van der Waals surface area contributed by atoms with Crippen molar-refractivity contribution in [3.63, 3.8) is 0 Å².